The Morgan fingerprint density at radius 1 is 1.08 bits per heavy atom. The Morgan fingerprint density at radius 2 is 1.62 bits per heavy atom. The van der Waals surface area contributed by atoms with E-state index in [4.69, 9.17) is 5.26 Å². The lowest BCUT2D eigenvalue weighted by Gasteiger charge is -2.13. The van der Waals surface area contributed by atoms with Crippen molar-refractivity contribution in [1.82, 2.24) is 14.8 Å². The summed E-state index contributed by atoms with van der Waals surface area (Å²) in [6.07, 6.45) is -7.59. The number of nitrogens with zero attached hydrogens (tertiary/aromatic N) is 4. The fourth-order valence-corrected chi connectivity index (χ4v) is 1.78. The molecule has 1 aromatic heterocycles. The average Bonchev–Trinajstić information content (AvgIpc) is 2.93. The first-order valence-electron chi connectivity index (χ1n) is 6.30. The molecule has 2 rings (SSSR count). The number of halogens is 6. The number of rotatable bonds is 2. The van der Waals surface area contributed by atoms with Gasteiger partial charge in [-0.2, -0.15) is 31.6 Å². The van der Waals surface area contributed by atoms with Crippen LogP contribution in [0.3, 0.4) is 0 Å². The van der Waals surface area contributed by atoms with Crippen LogP contribution in [0.2, 0.25) is 0 Å². The molecule has 4 nitrogen and oxygen atoms in total. The lowest BCUT2D eigenvalue weighted by molar-refractivity contribution is -0.143. The fraction of sp³-hybridized carbons (Fsp3) is 0.214. The van der Waals surface area contributed by atoms with Crippen molar-refractivity contribution in [2.24, 2.45) is 0 Å². The Hall–Kier alpha value is -2.83. The van der Waals surface area contributed by atoms with Crippen molar-refractivity contribution in [2.75, 3.05) is 0 Å². The van der Waals surface area contributed by atoms with Crippen molar-refractivity contribution in [3.05, 3.63) is 41.2 Å². The van der Waals surface area contributed by atoms with Crippen LogP contribution in [0.4, 0.5) is 26.3 Å². The summed E-state index contributed by atoms with van der Waals surface area (Å²) >= 11 is 0. The zero-order valence-corrected chi connectivity index (χ0v) is 11.9. The van der Waals surface area contributed by atoms with Gasteiger partial charge in [0.2, 0.25) is 0 Å². The van der Waals surface area contributed by atoms with Crippen molar-refractivity contribution in [3.8, 4) is 17.5 Å². The molecular weight excluding hydrogens is 338 g/mol. The maximum absolute atomic E-state index is 12.8. The van der Waals surface area contributed by atoms with Crippen LogP contribution in [-0.4, -0.2) is 14.8 Å². The van der Waals surface area contributed by atoms with Crippen LogP contribution in [0.15, 0.2) is 30.1 Å². The molecule has 24 heavy (non-hydrogen) atoms. The number of alkyl halides is 6. The van der Waals surface area contributed by atoms with Gasteiger partial charge in [0.1, 0.15) is 6.33 Å². The van der Waals surface area contributed by atoms with Crippen molar-refractivity contribution in [3.63, 3.8) is 0 Å². The predicted molar refractivity (Wildman–Crippen MR) is 71.0 cm³/mol. The highest BCUT2D eigenvalue weighted by molar-refractivity contribution is 5.58. The number of benzene rings is 1. The molecule has 0 atom stereocenters. The van der Waals surface area contributed by atoms with Crippen molar-refractivity contribution < 1.29 is 26.3 Å². The maximum atomic E-state index is 12.8. The number of allylic oxidation sites excluding steroid dienone is 1. The molecule has 0 spiro atoms. The molecule has 0 N–H and O–H groups in total. The summed E-state index contributed by atoms with van der Waals surface area (Å²) in [7, 11) is 0. The molecule has 0 aliphatic heterocycles. The Bertz CT molecular complexity index is 791. The highest BCUT2D eigenvalue weighted by Crippen LogP contribution is 2.37. The third kappa shape index (κ3) is 3.92. The van der Waals surface area contributed by atoms with E-state index in [0.29, 0.717) is 12.1 Å². The molecule has 1 heterocycles. The lowest BCUT2D eigenvalue weighted by atomic mass is 10.0. The molecule has 0 radical (unpaired) electrons. The zero-order chi connectivity index (χ0) is 18.1. The van der Waals surface area contributed by atoms with Gasteiger partial charge in [-0.05, 0) is 25.1 Å². The van der Waals surface area contributed by atoms with Gasteiger partial charge < -0.3 is 0 Å². The second-order valence-corrected chi connectivity index (χ2v) is 4.77. The smallest absolute Gasteiger partial charge is 0.227 e. The number of hydrogen-bond donors (Lipinski definition) is 0. The highest BCUT2D eigenvalue weighted by atomic mass is 19.4. The third-order valence-electron chi connectivity index (χ3n) is 2.86. The van der Waals surface area contributed by atoms with Crippen LogP contribution in [0.25, 0.3) is 17.6 Å². The maximum Gasteiger partial charge on any atom is 0.416 e. The fourth-order valence-electron chi connectivity index (χ4n) is 1.78. The predicted octanol–water partition coefficient (Wildman–Crippen LogP) is 4.37. The number of nitriles is 1. The van der Waals surface area contributed by atoms with Gasteiger partial charge in [0, 0.05) is 17.3 Å². The minimum Gasteiger partial charge on any atom is -0.227 e. The normalized spacial score (nSPS) is 13.0. The van der Waals surface area contributed by atoms with Gasteiger partial charge in [-0.3, -0.25) is 0 Å². The van der Waals surface area contributed by atoms with E-state index in [0.717, 1.165) is 11.0 Å². The lowest BCUT2D eigenvalue weighted by Crippen LogP contribution is -2.11. The highest BCUT2D eigenvalue weighted by Gasteiger charge is 2.37. The summed E-state index contributed by atoms with van der Waals surface area (Å²) in [5.74, 6) is -0.325. The quantitative estimate of drug-likeness (QED) is 0.599. The minimum atomic E-state index is -4.95. The summed E-state index contributed by atoms with van der Waals surface area (Å²) in [4.78, 5) is 3.68. The average molecular weight is 346 g/mol. The molecular formula is C14H8F6N4. The Balaban J connectivity index is 2.56. The Kier molecular flexibility index (Phi) is 4.38. The van der Waals surface area contributed by atoms with E-state index in [1.54, 1.807) is 6.07 Å². The van der Waals surface area contributed by atoms with E-state index in [-0.39, 0.29) is 17.5 Å². The summed E-state index contributed by atoms with van der Waals surface area (Å²) in [6, 6.07) is 2.90. The van der Waals surface area contributed by atoms with E-state index in [1.807, 2.05) is 0 Å². The van der Waals surface area contributed by atoms with Crippen LogP contribution >= 0.6 is 0 Å². The SMILES string of the molecule is C/C(C#N)=C\n1cnc(-c2cc(C(F)(F)F)cc(C(F)(F)F)c2)n1. The summed E-state index contributed by atoms with van der Waals surface area (Å²) in [5.41, 5.74) is -3.11. The van der Waals surface area contributed by atoms with Crippen LogP contribution in [0, 0.1) is 11.3 Å². The first-order valence-corrected chi connectivity index (χ1v) is 6.30. The van der Waals surface area contributed by atoms with Crippen molar-refractivity contribution in [1.29, 1.82) is 5.26 Å². The van der Waals surface area contributed by atoms with Crippen molar-refractivity contribution in [2.45, 2.75) is 19.3 Å². The van der Waals surface area contributed by atoms with Gasteiger partial charge in [-0.25, -0.2) is 9.67 Å². The van der Waals surface area contributed by atoms with E-state index >= 15 is 0 Å². The summed E-state index contributed by atoms with van der Waals surface area (Å²) in [5, 5.41) is 12.4. The second-order valence-electron chi connectivity index (χ2n) is 4.77. The van der Waals surface area contributed by atoms with E-state index in [2.05, 4.69) is 10.1 Å². The molecule has 0 bridgehead atoms. The molecule has 0 saturated carbocycles. The molecule has 0 aliphatic rings. The van der Waals surface area contributed by atoms with E-state index in [9.17, 15) is 26.3 Å². The molecule has 1 aromatic carbocycles. The van der Waals surface area contributed by atoms with Gasteiger partial charge in [-0.1, -0.05) is 0 Å². The minimum absolute atomic E-state index is 0.0280. The van der Waals surface area contributed by atoms with Crippen molar-refractivity contribution >= 4 is 6.20 Å². The molecule has 2 aromatic rings. The molecule has 0 unspecified atom stereocenters. The topological polar surface area (TPSA) is 54.5 Å². The van der Waals surface area contributed by atoms with Gasteiger partial charge >= 0.3 is 12.4 Å². The molecule has 0 saturated heterocycles. The van der Waals surface area contributed by atoms with Gasteiger partial charge in [0.25, 0.3) is 0 Å². The Labute approximate surface area is 131 Å². The molecule has 0 fully saturated rings. The molecule has 10 heteroatoms. The molecule has 0 aliphatic carbocycles. The second kappa shape index (κ2) is 5.99. The zero-order valence-electron chi connectivity index (χ0n) is 11.9. The first-order chi connectivity index (χ1) is 11.0. The van der Waals surface area contributed by atoms with Crippen LogP contribution in [0.1, 0.15) is 18.1 Å². The van der Waals surface area contributed by atoms with Gasteiger partial charge in [-0.15, -0.1) is 5.10 Å². The largest absolute Gasteiger partial charge is 0.416 e. The summed E-state index contributed by atoms with van der Waals surface area (Å²) < 4.78 is 77.9. The standard InChI is InChI=1S/C14H8F6N4/c1-8(5-21)6-24-7-22-12(23-24)9-2-10(13(15,16)17)4-11(3-9)14(18,19)20/h2-4,6-7H,1H3/b8-6+. The van der Waals surface area contributed by atoms with Crippen LogP contribution in [0.5, 0.6) is 0 Å². The monoisotopic (exact) mass is 346 g/mol. The van der Waals surface area contributed by atoms with E-state index < -0.39 is 29.0 Å². The molecule has 0 amide bonds. The molecule has 126 valence electrons. The third-order valence-corrected chi connectivity index (χ3v) is 2.86. The summed E-state index contributed by atoms with van der Waals surface area (Å²) in [6.45, 7) is 1.45. The van der Waals surface area contributed by atoms with E-state index in [1.165, 1.54) is 13.1 Å². The van der Waals surface area contributed by atoms with Gasteiger partial charge in [0.15, 0.2) is 5.82 Å². The van der Waals surface area contributed by atoms with Crippen LogP contribution in [-0.2, 0) is 12.4 Å². The first kappa shape index (κ1) is 17.5. The Morgan fingerprint density at radius 3 is 2.08 bits per heavy atom. The van der Waals surface area contributed by atoms with Gasteiger partial charge in [0.05, 0.1) is 17.2 Å². The number of hydrogen-bond acceptors (Lipinski definition) is 3. The number of aromatic nitrogens is 3. The van der Waals surface area contributed by atoms with Crippen LogP contribution < -0.4 is 0 Å².